The molecule has 15 heavy (non-hydrogen) atoms. The lowest BCUT2D eigenvalue weighted by atomic mass is 10.1. The van der Waals surface area contributed by atoms with E-state index >= 15 is 0 Å². The Hall–Kier alpha value is -1.62. The molecule has 0 unspecified atom stereocenters. The van der Waals surface area contributed by atoms with Gasteiger partial charge in [-0.3, -0.25) is 4.79 Å². The van der Waals surface area contributed by atoms with E-state index in [1.54, 1.807) is 6.92 Å². The highest BCUT2D eigenvalue weighted by Gasteiger charge is 2.12. The van der Waals surface area contributed by atoms with Gasteiger partial charge in [-0.15, -0.1) is 5.10 Å². The van der Waals surface area contributed by atoms with Crippen LogP contribution in [0.3, 0.4) is 0 Å². The summed E-state index contributed by atoms with van der Waals surface area (Å²) in [6, 6.07) is 4.28. The van der Waals surface area contributed by atoms with E-state index in [0.717, 1.165) is 11.5 Å². The van der Waals surface area contributed by atoms with Crippen LogP contribution in [0.2, 0.25) is 0 Å². The number of carbonyl (C=O) groups is 1. The molecule has 0 amide bonds. The summed E-state index contributed by atoms with van der Waals surface area (Å²) in [5, 5.41) is 3.58. The van der Waals surface area contributed by atoms with E-state index in [4.69, 9.17) is 0 Å². The van der Waals surface area contributed by atoms with Gasteiger partial charge in [0.05, 0.1) is 6.20 Å². The van der Waals surface area contributed by atoms with Gasteiger partial charge in [0.25, 0.3) is 0 Å². The van der Waals surface area contributed by atoms with E-state index in [0.29, 0.717) is 16.0 Å². The molecular weight excluding hydrogens is 215 g/mol. The summed E-state index contributed by atoms with van der Waals surface area (Å²) in [7, 11) is 0. The lowest BCUT2D eigenvalue weighted by molar-refractivity contribution is 0.104. The molecule has 1 aromatic carbocycles. The molecule has 0 N–H and O–H groups in total. The van der Waals surface area contributed by atoms with Crippen molar-refractivity contribution in [1.82, 2.24) is 9.59 Å². The summed E-state index contributed by atoms with van der Waals surface area (Å²) in [5.41, 5.74) is 0.915. The summed E-state index contributed by atoms with van der Waals surface area (Å²) in [5.74, 6) is -0.484. The minimum Gasteiger partial charge on any atom is -0.288 e. The molecule has 1 aromatic heterocycles. The maximum atomic E-state index is 13.0. The highest BCUT2D eigenvalue weighted by Crippen LogP contribution is 2.14. The topological polar surface area (TPSA) is 42.9 Å². The Morgan fingerprint density at radius 3 is 2.87 bits per heavy atom. The fourth-order valence-corrected chi connectivity index (χ4v) is 1.67. The van der Waals surface area contributed by atoms with Crippen molar-refractivity contribution in [3.8, 4) is 0 Å². The first-order valence-electron chi connectivity index (χ1n) is 4.26. The maximum absolute atomic E-state index is 13.0. The minimum atomic E-state index is -0.311. The summed E-state index contributed by atoms with van der Waals surface area (Å²) < 4.78 is 16.6. The lowest BCUT2D eigenvalue weighted by Crippen LogP contribution is -1.99. The molecule has 0 saturated heterocycles. The molecule has 0 bridgehead atoms. The van der Waals surface area contributed by atoms with Crippen LogP contribution >= 0.6 is 11.5 Å². The van der Waals surface area contributed by atoms with Crippen molar-refractivity contribution in [3.63, 3.8) is 0 Å². The number of aromatic nitrogens is 2. The average Bonchev–Trinajstić information content (AvgIpc) is 2.74. The van der Waals surface area contributed by atoms with Crippen molar-refractivity contribution >= 4 is 17.3 Å². The fraction of sp³-hybridized carbons (Fsp3) is 0.100. The molecular formula is C10H7FN2OS. The predicted octanol–water partition coefficient (Wildman–Crippen LogP) is 2.22. The van der Waals surface area contributed by atoms with E-state index in [2.05, 4.69) is 9.59 Å². The quantitative estimate of drug-likeness (QED) is 0.732. The van der Waals surface area contributed by atoms with Gasteiger partial charge in [-0.25, -0.2) is 4.39 Å². The first-order valence-corrected chi connectivity index (χ1v) is 5.04. The SMILES string of the molecule is Cc1cc(C(=O)c2cnns2)ccc1F. The number of ketones is 1. The Morgan fingerprint density at radius 2 is 2.27 bits per heavy atom. The molecule has 0 aliphatic heterocycles. The number of hydrogen-bond donors (Lipinski definition) is 0. The molecule has 0 fully saturated rings. The van der Waals surface area contributed by atoms with Crippen LogP contribution < -0.4 is 0 Å². The Labute approximate surface area is 89.7 Å². The van der Waals surface area contributed by atoms with Crippen molar-refractivity contribution in [3.05, 3.63) is 46.2 Å². The van der Waals surface area contributed by atoms with Crippen molar-refractivity contribution in [2.45, 2.75) is 6.92 Å². The second kappa shape index (κ2) is 3.86. The van der Waals surface area contributed by atoms with Crippen molar-refractivity contribution < 1.29 is 9.18 Å². The second-order valence-electron chi connectivity index (χ2n) is 3.07. The molecule has 0 saturated carbocycles. The number of aryl methyl sites for hydroxylation is 1. The summed E-state index contributed by atoms with van der Waals surface area (Å²) in [6.45, 7) is 1.62. The van der Waals surface area contributed by atoms with Crippen molar-refractivity contribution in [1.29, 1.82) is 0 Å². The number of rotatable bonds is 2. The second-order valence-corrected chi connectivity index (χ2v) is 3.86. The largest absolute Gasteiger partial charge is 0.288 e. The van der Waals surface area contributed by atoms with Crippen LogP contribution in [0.5, 0.6) is 0 Å². The van der Waals surface area contributed by atoms with Crippen LogP contribution in [0.4, 0.5) is 4.39 Å². The van der Waals surface area contributed by atoms with Crippen molar-refractivity contribution in [2.75, 3.05) is 0 Å². The highest BCUT2D eigenvalue weighted by molar-refractivity contribution is 7.08. The third kappa shape index (κ3) is 1.92. The molecule has 2 aromatic rings. The molecule has 1 heterocycles. The summed E-state index contributed by atoms with van der Waals surface area (Å²) in [4.78, 5) is 12.2. The zero-order chi connectivity index (χ0) is 10.8. The van der Waals surface area contributed by atoms with Gasteiger partial charge in [-0.2, -0.15) is 0 Å². The lowest BCUT2D eigenvalue weighted by Gasteiger charge is -1.99. The van der Waals surface area contributed by atoms with Gasteiger partial charge in [0, 0.05) is 5.56 Å². The van der Waals surface area contributed by atoms with Gasteiger partial charge < -0.3 is 0 Å². The monoisotopic (exact) mass is 222 g/mol. The van der Waals surface area contributed by atoms with Crippen LogP contribution in [-0.4, -0.2) is 15.4 Å². The number of benzene rings is 1. The van der Waals surface area contributed by atoms with Gasteiger partial charge in [-0.05, 0) is 42.2 Å². The Bertz CT molecular complexity index is 496. The van der Waals surface area contributed by atoms with Crippen LogP contribution in [0.1, 0.15) is 20.8 Å². The molecule has 0 spiro atoms. The van der Waals surface area contributed by atoms with E-state index in [1.165, 1.54) is 24.4 Å². The highest BCUT2D eigenvalue weighted by atomic mass is 32.1. The fourth-order valence-electron chi connectivity index (χ4n) is 1.20. The molecule has 0 aliphatic rings. The van der Waals surface area contributed by atoms with Crippen LogP contribution in [0.15, 0.2) is 24.4 Å². The van der Waals surface area contributed by atoms with Gasteiger partial charge in [0.15, 0.2) is 0 Å². The average molecular weight is 222 g/mol. The molecule has 3 nitrogen and oxygen atoms in total. The van der Waals surface area contributed by atoms with Gasteiger partial charge >= 0.3 is 0 Å². The summed E-state index contributed by atoms with van der Waals surface area (Å²) >= 11 is 1.03. The molecule has 2 rings (SSSR count). The smallest absolute Gasteiger partial charge is 0.206 e. The van der Waals surface area contributed by atoms with Crippen molar-refractivity contribution in [2.24, 2.45) is 0 Å². The van der Waals surface area contributed by atoms with E-state index in [9.17, 15) is 9.18 Å². The summed E-state index contributed by atoms with van der Waals surface area (Å²) in [6.07, 6.45) is 1.41. The molecule has 76 valence electrons. The van der Waals surface area contributed by atoms with Crippen LogP contribution in [0.25, 0.3) is 0 Å². The van der Waals surface area contributed by atoms with E-state index < -0.39 is 0 Å². The normalized spacial score (nSPS) is 10.3. The van der Waals surface area contributed by atoms with Crippen LogP contribution in [-0.2, 0) is 0 Å². The molecule has 0 aliphatic carbocycles. The zero-order valence-corrected chi connectivity index (χ0v) is 8.71. The van der Waals surface area contributed by atoms with Gasteiger partial charge in [0.1, 0.15) is 10.7 Å². The number of carbonyl (C=O) groups excluding carboxylic acids is 1. The molecule has 5 heteroatoms. The van der Waals surface area contributed by atoms with Gasteiger partial charge in [-0.1, -0.05) is 4.49 Å². The zero-order valence-electron chi connectivity index (χ0n) is 7.90. The number of hydrogen-bond acceptors (Lipinski definition) is 4. The first-order chi connectivity index (χ1) is 7.18. The van der Waals surface area contributed by atoms with Gasteiger partial charge in [0.2, 0.25) is 5.78 Å². The van der Waals surface area contributed by atoms with E-state index in [-0.39, 0.29) is 11.6 Å². The van der Waals surface area contributed by atoms with E-state index in [1.807, 2.05) is 0 Å². The maximum Gasteiger partial charge on any atom is 0.206 e. The Morgan fingerprint density at radius 1 is 1.47 bits per heavy atom. The number of halogens is 1. The molecule has 0 atom stereocenters. The third-order valence-corrected chi connectivity index (χ3v) is 2.67. The standard InChI is InChI=1S/C10H7FN2OS/c1-6-4-7(2-3-8(6)11)10(14)9-5-12-13-15-9/h2-5H,1H3. The third-order valence-electron chi connectivity index (χ3n) is 2.01. The van der Waals surface area contributed by atoms with Crippen LogP contribution in [0, 0.1) is 12.7 Å². The first kappa shape index (κ1) is 9.92. The number of nitrogens with zero attached hydrogens (tertiary/aromatic N) is 2. The Kier molecular flexibility index (Phi) is 2.55. The minimum absolute atomic E-state index is 0.173. The molecule has 0 radical (unpaired) electrons. The predicted molar refractivity (Wildman–Crippen MR) is 54.5 cm³/mol. The Balaban J connectivity index is 2.39.